The van der Waals surface area contributed by atoms with Gasteiger partial charge in [0, 0.05) is 19.4 Å². The fraction of sp³-hybridized carbons (Fsp3) is 0.600. The number of aromatic nitrogens is 2. The minimum absolute atomic E-state index is 0.128. The molecule has 0 saturated heterocycles. The molecule has 1 atom stereocenters. The maximum absolute atomic E-state index is 10.9. The van der Waals surface area contributed by atoms with Crippen LogP contribution < -0.4 is 0 Å². The maximum Gasteiger partial charge on any atom is 0.123 e. The van der Waals surface area contributed by atoms with Gasteiger partial charge in [0.25, 0.3) is 0 Å². The second-order valence-electron chi connectivity index (χ2n) is 3.90. The van der Waals surface area contributed by atoms with Crippen molar-refractivity contribution in [2.24, 2.45) is 18.9 Å². The Labute approximate surface area is 88.1 Å². The number of halogens is 1. The van der Waals surface area contributed by atoms with Crippen LogP contribution in [0.1, 0.15) is 18.5 Å². The summed E-state index contributed by atoms with van der Waals surface area (Å²) in [4.78, 5) is 10.9. The van der Waals surface area contributed by atoms with E-state index in [4.69, 9.17) is 11.6 Å². The number of carbonyl (C=O) groups excluding carboxylic acids is 1. The first-order valence-electron chi connectivity index (χ1n) is 4.84. The summed E-state index contributed by atoms with van der Waals surface area (Å²) < 4.78 is 1.75. The van der Waals surface area contributed by atoms with Crippen LogP contribution in [0.5, 0.6) is 0 Å². The van der Waals surface area contributed by atoms with E-state index in [1.165, 1.54) is 12.8 Å². The van der Waals surface area contributed by atoms with E-state index >= 15 is 0 Å². The van der Waals surface area contributed by atoms with E-state index in [0.29, 0.717) is 10.9 Å². The molecule has 1 aromatic rings. The molecular weight excluding hydrogens is 200 g/mol. The van der Waals surface area contributed by atoms with Crippen molar-refractivity contribution in [1.29, 1.82) is 0 Å². The Balaban J connectivity index is 2.11. The molecule has 0 aromatic carbocycles. The van der Waals surface area contributed by atoms with Crippen LogP contribution in [0.4, 0.5) is 0 Å². The normalized spacial score (nSPS) is 18.1. The monoisotopic (exact) mass is 212 g/mol. The van der Waals surface area contributed by atoms with Crippen molar-refractivity contribution in [2.45, 2.75) is 19.3 Å². The highest BCUT2D eigenvalue weighted by Crippen LogP contribution is 2.38. The van der Waals surface area contributed by atoms with Crippen LogP contribution >= 0.6 is 11.6 Å². The molecule has 76 valence electrons. The van der Waals surface area contributed by atoms with E-state index in [9.17, 15) is 4.79 Å². The van der Waals surface area contributed by atoms with Gasteiger partial charge in [0.1, 0.15) is 6.29 Å². The van der Waals surface area contributed by atoms with Gasteiger partial charge in [-0.25, -0.2) is 0 Å². The van der Waals surface area contributed by atoms with Crippen LogP contribution in [0.2, 0.25) is 5.02 Å². The Morgan fingerprint density at radius 1 is 1.79 bits per heavy atom. The molecule has 14 heavy (non-hydrogen) atoms. The van der Waals surface area contributed by atoms with Gasteiger partial charge >= 0.3 is 0 Å². The molecule has 1 heterocycles. The number of hydrogen-bond acceptors (Lipinski definition) is 2. The summed E-state index contributed by atoms with van der Waals surface area (Å²) in [5.41, 5.74) is 0.968. The zero-order valence-electron chi connectivity index (χ0n) is 8.11. The predicted octanol–water partition coefficient (Wildman–Crippen LogP) is 1.84. The second kappa shape index (κ2) is 3.73. The molecule has 1 aliphatic carbocycles. The Kier molecular flexibility index (Phi) is 2.59. The molecule has 0 aliphatic heterocycles. The van der Waals surface area contributed by atoms with Gasteiger partial charge in [-0.1, -0.05) is 11.6 Å². The van der Waals surface area contributed by atoms with Crippen molar-refractivity contribution < 1.29 is 4.79 Å². The molecule has 0 N–H and O–H groups in total. The lowest BCUT2D eigenvalue weighted by atomic mass is 10.00. The first kappa shape index (κ1) is 9.71. The number of carbonyl (C=O) groups is 1. The first-order valence-corrected chi connectivity index (χ1v) is 5.22. The summed E-state index contributed by atoms with van der Waals surface area (Å²) in [6.45, 7) is 0. The molecule has 0 spiro atoms. The molecule has 0 amide bonds. The fourth-order valence-corrected chi connectivity index (χ4v) is 1.98. The number of hydrogen-bond donors (Lipinski definition) is 0. The quantitative estimate of drug-likeness (QED) is 0.714. The van der Waals surface area contributed by atoms with Crippen molar-refractivity contribution in [1.82, 2.24) is 9.78 Å². The number of aldehydes is 1. The standard InChI is InChI=1S/C10H13ClN2O/c1-13-10(9(11)5-12-13)4-8(6-14)7-2-3-7/h5-8H,2-4H2,1H3. The minimum atomic E-state index is 0.128. The van der Waals surface area contributed by atoms with Crippen molar-refractivity contribution in [3.05, 3.63) is 16.9 Å². The van der Waals surface area contributed by atoms with Gasteiger partial charge in [-0.15, -0.1) is 0 Å². The number of rotatable bonds is 4. The third kappa shape index (κ3) is 1.82. The zero-order valence-corrected chi connectivity index (χ0v) is 8.87. The van der Waals surface area contributed by atoms with Gasteiger partial charge in [-0.05, 0) is 18.8 Å². The van der Waals surface area contributed by atoms with Gasteiger partial charge in [0.05, 0.1) is 16.9 Å². The van der Waals surface area contributed by atoms with Gasteiger partial charge < -0.3 is 4.79 Å². The number of aryl methyl sites for hydroxylation is 1. The first-order chi connectivity index (χ1) is 6.72. The van der Waals surface area contributed by atoms with Crippen LogP contribution in [0.25, 0.3) is 0 Å². The highest BCUT2D eigenvalue weighted by atomic mass is 35.5. The number of nitrogens with zero attached hydrogens (tertiary/aromatic N) is 2. The third-order valence-corrected chi connectivity index (χ3v) is 3.16. The Hall–Kier alpha value is -0.830. The van der Waals surface area contributed by atoms with E-state index in [-0.39, 0.29) is 5.92 Å². The lowest BCUT2D eigenvalue weighted by Crippen LogP contribution is -2.11. The minimum Gasteiger partial charge on any atom is -0.303 e. The van der Waals surface area contributed by atoms with E-state index in [0.717, 1.165) is 18.4 Å². The van der Waals surface area contributed by atoms with Crippen LogP contribution in [0, 0.1) is 11.8 Å². The maximum atomic E-state index is 10.9. The van der Waals surface area contributed by atoms with E-state index in [1.807, 2.05) is 7.05 Å². The highest BCUT2D eigenvalue weighted by molar-refractivity contribution is 6.31. The van der Waals surface area contributed by atoms with Crippen LogP contribution in [0.3, 0.4) is 0 Å². The molecule has 1 aliphatic rings. The topological polar surface area (TPSA) is 34.9 Å². The summed E-state index contributed by atoms with van der Waals surface area (Å²) in [5.74, 6) is 0.710. The largest absolute Gasteiger partial charge is 0.303 e. The molecule has 4 heteroatoms. The van der Waals surface area contributed by atoms with Crippen LogP contribution in [-0.4, -0.2) is 16.1 Å². The molecule has 1 unspecified atom stereocenters. The van der Waals surface area contributed by atoms with Crippen molar-refractivity contribution in [2.75, 3.05) is 0 Å². The third-order valence-electron chi connectivity index (χ3n) is 2.84. The van der Waals surface area contributed by atoms with E-state index < -0.39 is 0 Å². The van der Waals surface area contributed by atoms with Gasteiger partial charge in [0.2, 0.25) is 0 Å². The molecule has 3 nitrogen and oxygen atoms in total. The van der Waals surface area contributed by atoms with E-state index in [2.05, 4.69) is 5.10 Å². The van der Waals surface area contributed by atoms with Crippen LogP contribution in [-0.2, 0) is 18.3 Å². The average molecular weight is 213 g/mol. The van der Waals surface area contributed by atoms with Crippen molar-refractivity contribution in [3.8, 4) is 0 Å². The Morgan fingerprint density at radius 2 is 2.50 bits per heavy atom. The smallest absolute Gasteiger partial charge is 0.123 e. The molecule has 1 fully saturated rings. The molecule has 0 radical (unpaired) electrons. The Bertz CT molecular complexity index is 324. The SMILES string of the molecule is Cn1ncc(Cl)c1CC(C=O)C1CC1. The lowest BCUT2D eigenvalue weighted by Gasteiger charge is -2.08. The van der Waals surface area contributed by atoms with Crippen molar-refractivity contribution >= 4 is 17.9 Å². The summed E-state index contributed by atoms with van der Waals surface area (Å²) in [6, 6.07) is 0. The zero-order chi connectivity index (χ0) is 10.1. The lowest BCUT2D eigenvalue weighted by molar-refractivity contribution is -0.111. The molecule has 0 bridgehead atoms. The summed E-state index contributed by atoms with van der Waals surface area (Å²) in [5, 5.41) is 4.72. The summed E-state index contributed by atoms with van der Waals surface area (Å²) in [7, 11) is 1.86. The van der Waals surface area contributed by atoms with Gasteiger partial charge in [-0.3, -0.25) is 4.68 Å². The average Bonchev–Trinajstić information content (AvgIpc) is 2.95. The van der Waals surface area contributed by atoms with Gasteiger partial charge in [-0.2, -0.15) is 5.10 Å². The molecular formula is C10H13ClN2O. The summed E-state index contributed by atoms with van der Waals surface area (Å²) in [6.07, 6.45) is 5.77. The molecule has 2 rings (SSSR count). The van der Waals surface area contributed by atoms with Crippen LogP contribution in [0.15, 0.2) is 6.20 Å². The fourth-order valence-electron chi connectivity index (χ4n) is 1.74. The van der Waals surface area contributed by atoms with E-state index in [1.54, 1.807) is 10.9 Å². The Morgan fingerprint density at radius 3 is 2.93 bits per heavy atom. The van der Waals surface area contributed by atoms with Gasteiger partial charge in [0.15, 0.2) is 0 Å². The molecule has 1 aromatic heterocycles. The highest BCUT2D eigenvalue weighted by Gasteiger charge is 2.31. The molecule has 1 saturated carbocycles. The summed E-state index contributed by atoms with van der Waals surface area (Å²) >= 11 is 5.97. The second-order valence-corrected chi connectivity index (χ2v) is 4.31. The van der Waals surface area contributed by atoms with Crippen molar-refractivity contribution in [3.63, 3.8) is 0 Å². The predicted molar refractivity (Wildman–Crippen MR) is 54.2 cm³/mol.